The van der Waals surface area contributed by atoms with Crippen LogP contribution in [0, 0.1) is 5.82 Å². The molecule has 1 saturated heterocycles. The van der Waals surface area contributed by atoms with Crippen LogP contribution < -0.4 is 9.62 Å². The van der Waals surface area contributed by atoms with E-state index in [1.807, 2.05) is 18.2 Å². The molecule has 0 atom stereocenters. The summed E-state index contributed by atoms with van der Waals surface area (Å²) in [5.41, 5.74) is 1.54. The van der Waals surface area contributed by atoms with Gasteiger partial charge in [0.05, 0.1) is 4.70 Å². The molecule has 1 aliphatic rings. The second kappa shape index (κ2) is 9.69. The minimum absolute atomic E-state index is 0.358. The van der Waals surface area contributed by atoms with Gasteiger partial charge in [-0.3, -0.25) is 9.62 Å². The zero-order valence-electron chi connectivity index (χ0n) is 18.5. The standard InChI is InChI=1S/C25H25FN4O2S2/c26-22-6-2-4-8-24(22)34(31,32)28-20-11-9-19(10-12-20)13-14-29-15-17-30(18-16-29)25-21-5-1-3-7-23(21)33-27-25/h1-12,28H,13-18H2. The molecule has 0 saturated carbocycles. The predicted octanol–water partition coefficient (Wildman–Crippen LogP) is 4.60. The maximum atomic E-state index is 13.9. The fourth-order valence-corrected chi connectivity index (χ4v) is 6.12. The molecular formula is C25H25FN4O2S2. The van der Waals surface area contributed by atoms with Crippen molar-refractivity contribution in [1.82, 2.24) is 9.27 Å². The van der Waals surface area contributed by atoms with Gasteiger partial charge in [-0.25, -0.2) is 12.8 Å². The molecule has 0 aliphatic carbocycles. The van der Waals surface area contributed by atoms with Gasteiger partial charge in [0.2, 0.25) is 0 Å². The topological polar surface area (TPSA) is 65.5 Å². The SMILES string of the molecule is O=S(=O)(Nc1ccc(CCN2CCN(c3nsc4ccccc34)CC2)cc1)c1ccccc1F. The maximum absolute atomic E-state index is 13.9. The first kappa shape index (κ1) is 22.8. The summed E-state index contributed by atoms with van der Waals surface area (Å²) in [4.78, 5) is 4.45. The highest BCUT2D eigenvalue weighted by Gasteiger charge is 2.21. The van der Waals surface area contributed by atoms with E-state index in [0.29, 0.717) is 5.69 Å². The van der Waals surface area contributed by atoms with Gasteiger partial charge in [-0.15, -0.1) is 0 Å². The number of fused-ring (bicyclic) bond motifs is 1. The highest BCUT2D eigenvalue weighted by atomic mass is 32.2. The van der Waals surface area contributed by atoms with Gasteiger partial charge in [0.15, 0.2) is 0 Å². The number of nitrogens with zero attached hydrogens (tertiary/aromatic N) is 3. The van der Waals surface area contributed by atoms with Gasteiger partial charge in [-0.1, -0.05) is 36.4 Å². The van der Waals surface area contributed by atoms with E-state index in [1.165, 1.54) is 28.3 Å². The van der Waals surface area contributed by atoms with Gasteiger partial charge in [-0.05, 0) is 59.9 Å². The number of anilines is 2. The number of sulfonamides is 1. The van der Waals surface area contributed by atoms with Crippen LogP contribution in [0.1, 0.15) is 5.56 Å². The van der Waals surface area contributed by atoms with Gasteiger partial charge in [0, 0.05) is 43.8 Å². The molecule has 1 aliphatic heterocycles. The van der Waals surface area contributed by atoms with Crippen LogP contribution in [-0.4, -0.2) is 50.4 Å². The van der Waals surface area contributed by atoms with E-state index < -0.39 is 15.8 Å². The van der Waals surface area contributed by atoms with Gasteiger partial charge in [-0.2, -0.15) is 4.37 Å². The van der Waals surface area contributed by atoms with E-state index in [4.69, 9.17) is 0 Å². The lowest BCUT2D eigenvalue weighted by Gasteiger charge is -2.35. The Labute approximate surface area is 202 Å². The van der Waals surface area contributed by atoms with E-state index >= 15 is 0 Å². The number of benzene rings is 3. The van der Waals surface area contributed by atoms with Crippen molar-refractivity contribution >= 4 is 43.1 Å². The molecule has 176 valence electrons. The Hall–Kier alpha value is -3.01. The monoisotopic (exact) mass is 496 g/mol. The Bertz CT molecular complexity index is 1380. The zero-order chi connectivity index (χ0) is 23.5. The third-order valence-corrected chi connectivity index (χ3v) is 8.31. The summed E-state index contributed by atoms with van der Waals surface area (Å²) in [6, 6.07) is 21.0. The van der Waals surface area contributed by atoms with Crippen LogP contribution in [0.5, 0.6) is 0 Å². The van der Waals surface area contributed by atoms with Crippen molar-refractivity contribution in [2.75, 3.05) is 42.3 Å². The summed E-state index contributed by atoms with van der Waals surface area (Å²) in [6.45, 7) is 4.79. The summed E-state index contributed by atoms with van der Waals surface area (Å²) in [7, 11) is -3.97. The Balaban J connectivity index is 1.13. The molecule has 0 unspecified atom stereocenters. The van der Waals surface area contributed by atoms with Gasteiger partial charge < -0.3 is 4.90 Å². The minimum atomic E-state index is -3.97. The normalized spacial score (nSPS) is 15.0. The van der Waals surface area contributed by atoms with Crippen molar-refractivity contribution in [2.24, 2.45) is 0 Å². The highest BCUT2D eigenvalue weighted by molar-refractivity contribution is 7.92. The smallest absolute Gasteiger partial charge is 0.264 e. The molecule has 9 heteroatoms. The second-order valence-corrected chi connectivity index (χ2v) is 10.8. The maximum Gasteiger partial charge on any atom is 0.264 e. The average molecular weight is 497 g/mol. The Morgan fingerprint density at radius 1 is 0.912 bits per heavy atom. The fraction of sp³-hybridized carbons (Fsp3) is 0.240. The summed E-state index contributed by atoms with van der Waals surface area (Å²) < 4.78 is 47.1. The number of aromatic nitrogens is 1. The van der Waals surface area contributed by atoms with Crippen LogP contribution in [0.3, 0.4) is 0 Å². The Morgan fingerprint density at radius 2 is 1.62 bits per heavy atom. The highest BCUT2D eigenvalue weighted by Crippen LogP contribution is 2.29. The summed E-state index contributed by atoms with van der Waals surface area (Å²) >= 11 is 1.55. The predicted molar refractivity (Wildman–Crippen MR) is 136 cm³/mol. The molecule has 0 spiro atoms. The molecule has 1 aromatic heterocycles. The van der Waals surface area contributed by atoms with Crippen molar-refractivity contribution in [1.29, 1.82) is 0 Å². The van der Waals surface area contributed by atoms with Gasteiger partial charge in [0.1, 0.15) is 16.5 Å². The fourth-order valence-electron chi connectivity index (χ4n) is 4.18. The summed E-state index contributed by atoms with van der Waals surface area (Å²) in [5.74, 6) is 0.323. The van der Waals surface area contributed by atoms with Crippen molar-refractivity contribution in [2.45, 2.75) is 11.3 Å². The number of rotatable bonds is 7. The molecule has 34 heavy (non-hydrogen) atoms. The molecule has 0 radical (unpaired) electrons. The van der Waals surface area contributed by atoms with E-state index in [9.17, 15) is 12.8 Å². The third kappa shape index (κ3) is 4.91. The van der Waals surface area contributed by atoms with Crippen molar-refractivity contribution in [3.63, 3.8) is 0 Å². The first-order valence-corrected chi connectivity index (χ1v) is 13.4. The van der Waals surface area contributed by atoms with Crippen LogP contribution in [0.4, 0.5) is 15.9 Å². The first-order chi connectivity index (χ1) is 16.5. The van der Waals surface area contributed by atoms with E-state index in [2.05, 4.69) is 37.1 Å². The van der Waals surface area contributed by atoms with Crippen molar-refractivity contribution in [3.8, 4) is 0 Å². The lowest BCUT2D eigenvalue weighted by molar-refractivity contribution is 0.261. The Morgan fingerprint density at radius 3 is 2.38 bits per heavy atom. The molecule has 3 aromatic carbocycles. The number of hydrogen-bond acceptors (Lipinski definition) is 6. The number of nitrogens with one attached hydrogen (secondary N) is 1. The zero-order valence-corrected chi connectivity index (χ0v) is 20.2. The van der Waals surface area contributed by atoms with E-state index in [-0.39, 0.29) is 4.90 Å². The van der Waals surface area contributed by atoms with Crippen LogP contribution in [0.25, 0.3) is 10.1 Å². The first-order valence-electron chi connectivity index (χ1n) is 11.2. The summed E-state index contributed by atoms with van der Waals surface area (Å²) in [5, 5.41) is 1.23. The van der Waals surface area contributed by atoms with Crippen LogP contribution in [-0.2, 0) is 16.4 Å². The van der Waals surface area contributed by atoms with E-state index in [0.717, 1.165) is 56.6 Å². The molecule has 6 nitrogen and oxygen atoms in total. The van der Waals surface area contributed by atoms with Gasteiger partial charge in [0.25, 0.3) is 10.0 Å². The van der Waals surface area contributed by atoms with Crippen LogP contribution in [0.2, 0.25) is 0 Å². The quantitative estimate of drug-likeness (QED) is 0.405. The van der Waals surface area contributed by atoms with Crippen LogP contribution >= 0.6 is 11.5 Å². The third-order valence-electron chi connectivity index (χ3n) is 6.08. The van der Waals surface area contributed by atoms with Crippen LogP contribution in [0.15, 0.2) is 77.7 Å². The molecule has 1 fully saturated rings. The molecule has 2 heterocycles. The molecule has 0 amide bonds. The lowest BCUT2D eigenvalue weighted by Crippen LogP contribution is -2.47. The second-order valence-electron chi connectivity index (χ2n) is 8.31. The molecule has 1 N–H and O–H groups in total. The number of hydrogen-bond donors (Lipinski definition) is 1. The average Bonchev–Trinajstić information content (AvgIpc) is 3.28. The number of halogens is 1. The summed E-state index contributed by atoms with van der Waals surface area (Å²) in [6.07, 6.45) is 0.875. The van der Waals surface area contributed by atoms with Crippen molar-refractivity contribution in [3.05, 3.63) is 84.2 Å². The number of piperazine rings is 1. The largest absolute Gasteiger partial charge is 0.353 e. The molecule has 0 bridgehead atoms. The molecule has 5 rings (SSSR count). The Kier molecular flexibility index (Phi) is 6.49. The minimum Gasteiger partial charge on any atom is -0.353 e. The van der Waals surface area contributed by atoms with E-state index in [1.54, 1.807) is 23.7 Å². The van der Waals surface area contributed by atoms with Crippen molar-refractivity contribution < 1.29 is 12.8 Å². The lowest BCUT2D eigenvalue weighted by atomic mass is 10.1. The molecular weight excluding hydrogens is 471 g/mol. The van der Waals surface area contributed by atoms with Gasteiger partial charge >= 0.3 is 0 Å². The molecule has 4 aromatic rings.